The first-order chi connectivity index (χ1) is 14.4. The Balaban J connectivity index is 1.38. The molecular formula is C21H28N4O5. The van der Waals surface area contributed by atoms with Crippen molar-refractivity contribution >= 4 is 22.9 Å². The molecule has 0 radical (unpaired) electrons. The van der Waals surface area contributed by atoms with Crippen molar-refractivity contribution in [2.24, 2.45) is 0 Å². The van der Waals surface area contributed by atoms with Gasteiger partial charge in [0.25, 0.3) is 0 Å². The van der Waals surface area contributed by atoms with E-state index in [1.807, 2.05) is 4.90 Å². The molecule has 3 atom stereocenters. The molecule has 2 aromatic rings. The van der Waals surface area contributed by atoms with Crippen molar-refractivity contribution in [1.29, 1.82) is 0 Å². The van der Waals surface area contributed by atoms with Crippen LogP contribution in [0.5, 0.6) is 0 Å². The number of piperazine rings is 1. The standard InChI is InChI=1S/C21H28N4O5/c1-14(26)23-9-11-24(12-10-23)17-7-4-5-15(20(17)28)22-19(27)13-25-16-6-2-3-8-18(16)30-21(25)29/h2-3,6,8,15,17,20,28H,4-5,7,9-13H2,1H3,(H,22,27)/t15-,17-,20-/m1/s1. The van der Waals surface area contributed by atoms with Gasteiger partial charge in [-0.05, 0) is 31.4 Å². The Hall–Kier alpha value is -2.65. The Labute approximate surface area is 174 Å². The Morgan fingerprint density at radius 3 is 2.63 bits per heavy atom. The van der Waals surface area contributed by atoms with E-state index in [4.69, 9.17) is 4.42 Å². The summed E-state index contributed by atoms with van der Waals surface area (Å²) >= 11 is 0. The minimum Gasteiger partial charge on any atom is -0.408 e. The quantitative estimate of drug-likeness (QED) is 0.735. The molecule has 30 heavy (non-hydrogen) atoms. The molecule has 0 spiro atoms. The van der Waals surface area contributed by atoms with Gasteiger partial charge in [0.05, 0.1) is 17.7 Å². The lowest BCUT2D eigenvalue weighted by molar-refractivity contribution is -0.132. The predicted molar refractivity (Wildman–Crippen MR) is 110 cm³/mol. The molecular weight excluding hydrogens is 388 g/mol. The first kappa shape index (κ1) is 20.6. The summed E-state index contributed by atoms with van der Waals surface area (Å²) in [6, 6.07) is 6.57. The van der Waals surface area contributed by atoms with Crippen molar-refractivity contribution < 1.29 is 19.1 Å². The third-order valence-corrected chi connectivity index (χ3v) is 6.27. The number of amides is 2. The molecule has 2 fully saturated rings. The molecule has 2 amide bonds. The van der Waals surface area contributed by atoms with E-state index >= 15 is 0 Å². The normalized spacial score (nSPS) is 25.4. The highest BCUT2D eigenvalue weighted by Crippen LogP contribution is 2.25. The van der Waals surface area contributed by atoms with Crippen LogP contribution >= 0.6 is 0 Å². The largest absolute Gasteiger partial charge is 0.420 e. The Morgan fingerprint density at radius 2 is 1.90 bits per heavy atom. The maximum absolute atomic E-state index is 12.6. The minimum atomic E-state index is -0.690. The van der Waals surface area contributed by atoms with Crippen LogP contribution in [-0.2, 0) is 16.1 Å². The van der Waals surface area contributed by atoms with Crippen molar-refractivity contribution in [2.45, 2.75) is 50.9 Å². The van der Waals surface area contributed by atoms with Crippen LogP contribution < -0.4 is 11.1 Å². The fraction of sp³-hybridized carbons (Fsp3) is 0.571. The summed E-state index contributed by atoms with van der Waals surface area (Å²) in [4.78, 5) is 40.3. The molecule has 1 saturated carbocycles. The van der Waals surface area contributed by atoms with Gasteiger partial charge in [-0.3, -0.25) is 19.1 Å². The molecule has 1 aliphatic carbocycles. The number of benzene rings is 1. The van der Waals surface area contributed by atoms with Crippen LogP contribution in [0.4, 0.5) is 0 Å². The highest BCUT2D eigenvalue weighted by Gasteiger charge is 2.37. The Morgan fingerprint density at radius 1 is 1.17 bits per heavy atom. The van der Waals surface area contributed by atoms with E-state index in [9.17, 15) is 19.5 Å². The average molecular weight is 416 g/mol. The van der Waals surface area contributed by atoms with Crippen molar-refractivity contribution in [3.63, 3.8) is 0 Å². The van der Waals surface area contributed by atoms with Gasteiger partial charge in [0.1, 0.15) is 6.54 Å². The van der Waals surface area contributed by atoms with Crippen molar-refractivity contribution in [3.8, 4) is 0 Å². The summed E-state index contributed by atoms with van der Waals surface area (Å²) in [5, 5.41) is 13.8. The lowest BCUT2D eigenvalue weighted by atomic mass is 9.86. The number of rotatable bonds is 4. The fourth-order valence-electron chi connectivity index (χ4n) is 4.64. The minimum absolute atomic E-state index is 0.0457. The van der Waals surface area contributed by atoms with Crippen LogP contribution in [0.3, 0.4) is 0 Å². The van der Waals surface area contributed by atoms with E-state index in [1.54, 1.807) is 31.2 Å². The molecule has 0 unspecified atom stereocenters. The van der Waals surface area contributed by atoms with Crippen LogP contribution in [0.25, 0.3) is 11.1 Å². The second-order valence-corrected chi connectivity index (χ2v) is 8.13. The van der Waals surface area contributed by atoms with E-state index in [0.717, 1.165) is 25.9 Å². The number of carbonyl (C=O) groups excluding carboxylic acids is 2. The third kappa shape index (κ3) is 4.13. The van der Waals surface area contributed by atoms with Crippen LogP contribution in [0.2, 0.25) is 0 Å². The predicted octanol–water partition coefficient (Wildman–Crippen LogP) is 0.157. The van der Waals surface area contributed by atoms with Gasteiger partial charge in [-0.15, -0.1) is 0 Å². The number of nitrogens with zero attached hydrogens (tertiary/aromatic N) is 3. The summed E-state index contributed by atoms with van der Waals surface area (Å²) in [6.07, 6.45) is 1.76. The number of hydrogen-bond acceptors (Lipinski definition) is 6. The molecule has 9 nitrogen and oxygen atoms in total. The van der Waals surface area contributed by atoms with Gasteiger partial charge >= 0.3 is 5.76 Å². The number of carbonyl (C=O) groups is 2. The third-order valence-electron chi connectivity index (χ3n) is 6.27. The average Bonchev–Trinajstić information content (AvgIpc) is 3.05. The zero-order valence-electron chi connectivity index (χ0n) is 17.1. The molecule has 4 rings (SSSR count). The Kier molecular flexibility index (Phi) is 5.92. The van der Waals surface area contributed by atoms with E-state index in [1.165, 1.54) is 4.57 Å². The van der Waals surface area contributed by atoms with Gasteiger partial charge in [0, 0.05) is 39.1 Å². The number of aromatic nitrogens is 1. The topological polar surface area (TPSA) is 108 Å². The zero-order valence-corrected chi connectivity index (χ0v) is 17.1. The first-order valence-corrected chi connectivity index (χ1v) is 10.5. The van der Waals surface area contributed by atoms with Gasteiger partial charge in [-0.25, -0.2) is 4.79 Å². The van der Waals surface area contributed by atoms with Gasteiger partial charge in [-0.1, -0.05) is 12.1 Å². The number of aliphatic hydroxyl groups excluding tert-OH is 1. The lowest BCUT2D eigenvalue weighted by Crippen LogP contribution is -2.60. The molecule has 9 heteroatoms. The van der Waals surface area contributed by atoms with Crippen LogP contribution in [-0.4, -0.2) is 75.7 Å². The van der Waals surface area contributed by atoms with Crippen molar-refractivity contribution in [2.75, 3.05) is 26.2 Å². The van der Waals surface area contributed by atoms with Crippen LogP contribution in [0.1, 0.15) is 26.2 Å². The summed E-state index contributed by atoms with van der Waals surface area (Å²) in [7, 11) is 0. The first-order valence-electron chi connectivity index (χ1n) is 10.5. The second-order valence-electron chi connectivity index (χ2n) is 8.13. The molecule has 2 aliphatic rings. The fourth-order valence-corrected chi connectivity index (χ4v) is 4.64. The monoisotopic (exact) mass is 416 g/mol. The van der Waals surface area contributed by atoms with E-state index in [2.05, 4.69) is 10.2 Å². The maximum atomic E-state index is 12.6. The smallest absolute Gasteiger partial charge is 0.408 e. The Bertz CT molecular complexity index is 975. The van der Waals surface area contributed by atoms with Crippen molar-refractivity contribution in [1.82, 2.24) is 19.7 Å². The van der Waals surface area contributed by atoms with E-state index < -0.39 is 11.9 Å². The summed E-state index contributed by atoms with van der Waals surface area (Å²) < 4.78 is 6.48. The second kappa shape index (κ2) is 8.61. The summed E-state index contributed by atoms with van der Waals surface area (Å²) in [5.41, 5.74) is 1.01. The maximum Gasteiger partial charge on any atom is 0.420 e. The number of fused-ring (bicyclic) bond motifs is 1. The molecule has 0 bridgehead atoms. The van der Waals surface area contributed by atoms with Gasteiger partial charge in [0.15, 0.2) is 5.58 Å². The molecule has 2 N–H and O–H groups in total. The number of para-hydroxylation sites is 2. The molecule has 162 valence electrons. The van der Waals surface area contributed by atoms with E-state index in [0.29, 0.717) is 30.6 Å². The molecule has 1 aromatic heterocycles. The zero-order chi connectivity index (χ0) is 21.3. The lowest BCUT2D eigenvalue weighted by Gasteiger charge is -2.45. The highest BCUT2D eigenvalue weighted by atomic mass is 16.4. The number of aliphatic hydroxyl groups is 1. The van der Waals surface area contributed by atoms with Gasteiger partial charge in [-0.2, -0.15) is 0 Å². The highest BCUT2D eigenvalue weighted by molar-refractivity contribution is 5.79. The molecule has 1 aliphatic heterocycles. The van der Waals surface area contributed by atoms with E-state index in [-0.39, 0.29) is 30.4 Å². The number of oxazole rings is 1. The summed E-state index contributed by atoms with van der Waals surface area (Å²) in [6.45, 7) is 4.18. The van der Waals surface area contributed by atoms with Gasteiger partial charge < -0.3 is 19.7 Å². The number of nitrogens with one attached hydrogen (secondary N) is 1. The van der Waals surface area contributed by atoms with Crippen LogP contribution in [0, 0.1) is 0 Å². The molecule has 1 saturated heterocycles. The van der Waals surface area contributed by atoms with Crippen LogP contribution in [0.15, 0.2) is 33.5 Å². The molecule has 1 aromatic carbocycles. The van der Waals surface area contributed by atoms with Gasteiger partial charge in [0.2, 0.25) is 11.8 Å². The molecule has 2 heterocycles. The SMILES string of the molecule is CC(=O)N1CCN([C@@H]2CCC[C@@H](NC(=O)Cn3c(=O)oc4ccccc43)[C@H]2O)CC1. The number of hydrogen-bond donors (Lipinski definition) is 2. The van der Waals surface area contributed by atoms with Crippen molar-refractivity contribution in [3.05, 3.63) is 34.8 Å². The summed E-state index contributed by atoms with van der Waals surface area (Å²) in [5.74, 6) is -0.822.